The molecule has 4 rings (SSSR count). The third kappa shape index (κ3) is 3.34. The predicted octanol–water partition coefficient (Wildman–Crippen LogP) is 6.32. The van der Waals surface area contributed by atoms with E-state index in [2.05, 4.69) is 24.8 Å². The van der Waals surface area contributed by atoms with Gasteiger partial charge in [0.1, 0.15) is 11.5 Å². The number of hydrogen-bond donors (Lipinski definition) is 0. The Kier molecular flexibility index (Phi) is 6.05. The van der Waals surface area contributed by atoms with Gasteiger partial charge in [-0.25, -0.2) is 4.90 Å². The molecule has 2 saturated heterocycles. The van der Waals surface area contributed by atoms with E-state index in [4.69, 9.17) is 27.9 Å². The van der Waals surface area contributed by atoms with Gasteiger partial charge in [0, 0.05) is 22.0 Å². The van der Waals surface area contributed by atoms with Crippen LogP contribution in [-0.2, 0) is 14.9 Å². The average Bonchev–Trinajstić information content (AvgIpc) is 3.19. The molecular weight excluding hydrogens is 443 g/mol. The van der Waals surface area contributed by atoms with Gasteiger partial charge in [0.2, 0.25) is 0 Å². The van der Waals surface area contributed by atoms with Crippen molar-refractivity contribution in [3.8, 4) is 6.07 Å². The molecule has 0 bridgehead atoms. The molecule has 2 aliphatic heterocycles. The van der Waals surface area contributed by atoms with E-state index in [9.17, 15) is 10.1 Å². The van der Waals surface area contributed by atoms with Crippen LogP contribution in [-0.4, -0.2) is 28.7 Å². The summed E-state index contributed by atoms with van der Waals surface area (Å²) in [5, 5.41) is 12.2. The maximum absolute atomic E-state index is 13.3. The number of halogens is 2. The smallest absolute Gasteiger partial charge is 0.325 e. The van der Waals surface area contributed by atoms with Crippen LogP contribution >= 0.6 is 23.2 Å². The molecule has 0 aliphatic carbocycles. The van der Waals surface area contributed by atoms with Gasteiger partial charge in [0.05, 0.1) is 6.07 Å². The minimum Gasteiger partial charge on any atom is -0.443 e. The number of benzene rings is 2. The lowest BCUT2D eigenvalue weighted by Gasteiger charge is -2.43. The lowest BCUT2D eigenvalue weighted by atomic mass is 9.62. The molecule has 2 aliphatic rings. The third-order valence-electron chi connectivity index (χ3n) is 7.30. The molecule has 0 N–H and O–H groups in total. The highest BCUT2D eigenvalue weighted by molar-refractivity contribution is 6.30. The minimum absolute atomic E-state index is 0.186. The zero-order valence-electron chi connectivity index (χ0n) is 18.8. The second-order valence-electron chi connectivity index (χ2n) is 9.26. The Bertz CT molecular complexity index is 1060. The topological polar surface area (TPSA) is 53.3 Å². The van der Waals surface area contributed by atoms with Gasteiger partial charge >= 0.3 is 5.97 Å². The Hall–Kier alpha value is -2.06. The Balaban J connectivity index is 2.08. The molecule has 0 unspecified atom stereocenters. The third-order valence-corrected chi connectivity index (χ3v) is 7.78. The summed E-state index contributed by atoms with van der Waals surface area (Å²) >= 11 is 12.6. The van der Waals surface area contributed by atoms with E-state index < -0.39 is 23.1 Å². The van der Waals surface area contributed by atoms with Gasteiger partial charge in [-0.05, 0) is 55.2 Å². The lowest BCUT2D eigenvalue weighted by molar-refractivity contribution is -0.152. The van der Waals surface area contributed by atoms with E-state index in [-0.39, 0.29) is 17.9 Å². The molecule has 4 atom stereocenters. The van der Waals surface area contributed by atoms with Crippen molar-refractivity contribution in [3.05, 3.63) is 69.7 Å². The fourth-order valence-corrected chi connectivity index (χ4v) is 6.35. The minimum atomic E-state index is -0.979. The Morgan fingerprint density at radius 2 is 1.75 bits per heavy atom. The van der Waals surface area contributed by atoms with Gasteiger partial charge in [-0.15, -0.1) is 0 Å². The van der Waals surface area contributed by atoms with Crippen LogP contribution in [0, 0.1) is 17.2 Å². The number of nitriles is 1. The summed E-state index contributed by atoms with van der Waals surface area (Å²) in [4.78, 5) is 15.5. The van der Waals surface area contributed by atoms with E-state index in [0.717, 1.165) is 24.0 Å². The molecule has 0 radical (unpaired) electrons. The molecule has 0 saturated carbocycles. The summed E-state index contributed by atoms with van der Waals surface area (Å²) < 4.78 is 5.88. The van der Waals surface area contributed by atoms with Gasteiger partial charge in [0.25, 0.3) is 0 Å². The number of carbonyl (C=O) groups is 1. The van der Waals surface area contributed by atoms with E-state index in [1.165, 1.54) is 0 Å². The summed E-state index contributed by atoms with van der Waals surface area (Å²) in [6.45, 7) is 8.13. The summed E-state index contributed by atoms with van der Waals surface area (Å²) in [7, 11) is 0. The molecule has 2 heterocycles. The summed E-state index contributed by atoms with van der Waals surface area (Å²) in [5.74, 6) is -0.542. The van der Waals surface area contributed by atoms with Crippen LogP contribution in [0.25, 0.3) is 0 Å². The SMILES string of the molecule is CCC(CC)[C@@H]1N2[C@@H](C(=O)OC2(C)C)[C@H](c2cccc(Cl)c2)[C@@]1(C#N)c1ccc(Cl)cc1. The molecule has 2 fully saturated rings. The van der Waals surface area contributed by atoms with E-state index in [0.29, 0.717) is 10.0 Å². The van der Waals surface area contributed by atoms with Crippen molar-refractivity contribution in [2.24, 2.45) is 5.92 Å². The zero-order valence-corrected chi connectivity index (χ0v) is 20.3. The van der Waals surface area contributed by atoms with Gasteiger partial charge in [-0.2, -0.15) is 5.26 Å². The van der Waals surface area contributed by atoms with E-state index >= 15 is 0 Å². The van der Waals surface area contributed by atoms with Gasteiger partial charge in [-0.3, -0.25) is 4.79 Å². The molecule has 0 amide bonds. The van der Waals surface area contributed by atoms with Crippen LogP contribution in [0.2, 0.25) is 10.0 Å². The molecule has 2 aromatic carbocycles. The van der Waals surface area contributed by atoms with Crippen molar-refractivity contribution < 1.29 is 9.53 Å². The predicted molar refractivity (Wildman–Crippen MR) is 127 cm³/mol. The number of ether oxygens (including phenoxy) is 1. The molecule has 6 heteroatoms. The van der Waals surface area contributed by atoms with Gasteiger partial charge in [0.15, 0.2) is 5.72 Å². The van der Waals surface area contributed by atoms with Crippen molar-refractivity contribution >= 4 is 29.2 Å². The largest absolute Gasteiger partial charge is 0.443 e. The first-order chi connectivity index (χ1) is 15.2. The number of cyclic esters (lactones) is 1. The highest BCUT2D eigenvalue weighted by Gasteiger charge is 2.70. The summed E-state index contributed by atoms with van der Waals surface area (Å²) in [5.41, 5.74) is -0.0686. The highest BCUT2D eigenvalue weighted by Crippen LogP contribution is 2.60. The Labute approximate surface area is 200 Å². The monoisotopic (exact) mass is 470 g/mol. The molecule has 2 aromatic rings. The first kappa shape index (κ1) is 23.1. The van der Waals surface area contributed by atoms with E-state index in [1.807, 2.05) is 62.4 Å². The first-order valence-electron chi connectivity index (χ1n) is 11.1. The molecule has 32 heavy (non-hydrogen) atoms. The molecular formula is C26H28Cl2N2O2. The van der Waals surface area contributed by atoms with Gasteiger partial charge < -0.3 is 4.74 Å². The van der Waals surface area contributed by atoms with Gasteiger partial charge in [-0.1, -0.05) is 74.2 Å². The molecule has 0 aromatic heterocycles. The number of rotatable bonds is 5. The number of carbonyl (C=O) groups excluding carboxylic acids is 1. The lowest BCUT2D eigenvalue weighted by Crippen LogP contribution is -2.54. The Morgan fingerprint density at radius 3 is 2.31 bits per heavy atom. The standard InChI is InChI=1S/C26H28Cl2N2O2/c1-5-16(6-2)23-26(15-29,18-10-12-19(27)13-11-18)21(17-8-7-9-20(28)14-17)22-24(31)32-25(3,4)30(22)23/h7-14,16,21-23H,5-6H2,1-4H3/t21-,22+,23-,26+/m0/s1. The Morgan fingerprint density at radius 1 is 1.09 bits per heavy atom. The van der Waals surface area contributed by atoms with Crippen molar-refractivity contribution in [2.45, 2.75) is 69.7 Å². The molecule has 168 valence electrons. The quantitative estimate of drug-likeness (QED) is 0.479. The van der Waals surface area contributed by atoms with Crippen LogP contribution in [0.5, 0.6) is 0 Å². The van der Waals surface area contributed by atoms with Crippen LogP contribution in [0.15, 0.2) is 48.5 Å². The maximum atomic E-state index is 13.3. The highest BCUT2D eigenvalue weighted by atomic mass is 35.5. The van der Waals surface area contributed by atoms with Crippen LogP contribution in [0.1, 0.15) is 57.6 Å². The second-order valence-corrected chi connectivity index (χ2v) is 10.1. The summed E-state index contributed by atoms with van der Waals surface area (Å²) in [6.07, 6.45) is 1.77. The second kappa shape index (κ2) is 8.37. The van der Waals surface area contributed by atoms with Crippen LogP contribution in [0.4, 0.5) is 0 Å². The van der Waals surface area contributed by atoms with Crippen molar-refractivity contribution in [3.63, 3.8) is 0 Å². The molecule has 0 spiro atoms. The fraction of sp³-hybridized carbons (Fsp3) is 0.462. The summed E-state index contributed by atoms with van der Waals surface area (Å²) in [6, 6.07) is 17.0. The first-order valence-corrected chi connectivity index (χ1v) is 11.9. The fourth-order valence-electron chi connectivity index (χ4n) is 6.02. The number of esters is 1. The maximum Gasteiger partial charge on any atom is 0.325 e. The van der Waals surface area contributed by atoms with Crippen LogP contribution in [0.3, 0.4) is 0 Å². The zero-order chi connectivity index (χ0) is 23.3. The average molecular weight is 471 g/mol. The van der Waals surface area contributed by atoms with E-state index in [1.54, 1.807) is 0 Å². The normalized spacial score (nSPS) is 29.1. The molecule has 4 nitrogen and oxygen atoms in total. The van der Waals surface area contributed by atoms with Crippen molar-refractivity contribution in [1.29, 1.82) is 5.26 Å². The van der Waals surface area contributed by atoms with Crippen LogP contribution < -0.4 is 0 Å². The van der Waals surface area contributed by atoms with Crippen molar-refractivity contribution in [2.75, 3.05) is 0 Å². The van der Waals surface area contributed by atoms with Crippen molar-refractivity contribution in [1.82, 2.24) is 4.90 Å². The number of nitrogens with zero attached hydrogens (tertiary/aromatic N) is 2. The number of fused-ring (bicyclic) bond motifs is 1. The number of hydrogen-bond acceptors (Lipinski definition) is 4.